The highest BCUT2D eigenvalue weighted by Crippen LogP contribution is 2.15. The van der Waals surface area contributed by atoms with Gasteiger partial charge in [-0.2, -0.15) is 12.6 Å². The van der Waals surface area contributed by atoms with Crippen LogP contribution in [0.2, 0.25) is 0 Å². The Morgan fingerprint density at radius 2 is 1.36 bits per heavy atom. The van der Waals surface area contributed by atoms with Crippen molar-refractivity contribution in [3.8, 4) is 0 Å². The van der Waals surface area contributed by atoms with Gasteiger partial charge in [0, 0.05) is 12.4 Å². The molecule has 1 unspecified atom stereocenters. The van der Waals surface area contributed by atoms with Gasteiger partial charge in [-0.15, -0.1) is 0 Å². The van der Waals surface area contributed by atoms with Crippen LogP contribution in [-0.4, -0.2) is 25.1 Å². The quantitative estimate of drug-likeness (QED) is 0.165. The minimum Gasteiger partial charge on any atom is -0.379 e. The lowest BCUT2D eigenvalue weighted by molar-refractivity contribution is -0.0127. The summed E-state index contributed by atoms with van der Waals surface area (Å²) in [6.07, 6.45) is 12.8. The number of benzene rings is 2. The van der Waals surface area contributed by atoms with Crippen LogP contribution in [0.25, 0.3) is 0 Å². The molecule has 0 amide bonds. The third-order valence-electron chi connectivity index (χ3n) is 6.08. The van der Waals surface area contributed by atoms with E-state index >= 15 is 0 Å². The summed E-state index contributed by atoms with van der Waals surface area (Å²) in [7, 11) is 0. The molecule has 3 heteroatoms. The van der Waals surface area contributed by atoms with Crippen molar-refractivity contribution in [3.63, 3.8) is 0 Å². The lowest BCUT2D eigenvalue weighted by atomic mass is 10.00. The van der Waals surface area contributed by atoms with Crippen LogP contribution in [0.4, 0.5) is 0 Å². The number of rotatable bonds is 19. The summed E-state index contributed by atoms with van der Waals surface area (Å²) < 4.78 is 11.8. The summed E-state index contributed by atoms with van der Waals surface area (Å²) in [5, 5.41) is 0. The van der Waals surface area contributed by atoms with E-state index < -0.39 is 0 Å². The molecular formula is C30H46O2S. The lowest BCUT2D eigenvalue weighted by Gasteiger charge is -2.16. The second-order valence-corrected chi connectivity index (χ2v) is 10.0. The van der Waals surface area contributed by atoms with Crippen molar-refractivity contribution < 1.29 is 9.47 Å². The molecule has 0 aromatic heterocycles. The van der Waals surface area contributed by atoms with Crippen LogP contribution in [0.15, 0.2) is 54.6 Å². The van der Waals surface area contributed by atoms with Crippen LogP contribution in [0, 0.1) is 5.92 Å². The molecule has 0 heterocycles. The van der Waals surface area contributed by atoms with Crippen LogP contribution in [0.5, 0.6) is 0 Å². The second kappa shape index (κ2) is 18.1. The van der Waals surface area contributed by atoms with Crippen LogP contribution >= 0.6 is 12.6 Å². The van der Waals surface area contributed by atoms with E-state index in [9.17, 15) is 0 Å². The van der Waals surface area contributed by atoms with Gasteiger partial charge in [-0.25, -0.2) is 0 Å². The van der Waals surface area contributed by atoms with Crippen LogP contribution in [-0.2, 0) is 28.9 Å². The van der Waals surface area contributed by atoms with E-state index in [1.54, 1.807) is 0 Å². The van der Waals surface area contributed by atoms with E-state index in [1.807, 2.05) is 18.2 Å². The van der Waals surface area contributed by atoms with E-state index in [0.717, 1.165) is 18.9 Å². The highest BCUT2D eigenvalue weighted by molar-refractivity contribution is 7.80. The largest absolute Gasteiger partial charge is 0.379 e. The first-order chi connectivity index (χ1) is 16.2. The van der Waals surface area contributed by atoms with Crippen molar-refractivity contribution in [1.29, 1.82) is 0 Å². The van der Waals surface area contributed by atoms with Crippen molar-refractivity contribution >= 4 is 12.6 Å². The molecular weight excluding hydrogens is 424 g/mol. The molecule has 0 aliphatic heterocycles. The molecule has 2 rings (SSSR count). The molecule has 1 atom stereocenters. The third kappa shape index (κ3) is 13.9. The van der Waals surface area contributed by atoms with E-state index in [-0.39, 0.29) is 6.10 Å². The van der Waals surface area contributed by atoms with Crippen LogP contribution in [0.1, 0.15) is 81.9 Å². The van der Waals surface area contributed by atoms with Crippen molar-refractivity contribution in [1.82, 2.24) is 0 Å². The fourth-order valence-electron chi connectivity index (χ4n) is 4.04. The predicted octanol–water partition coefficient (Wildman–Crippen LogP) is 8.08. The van der Waals surface area contributed by atoms with E-state index in [4.69, 9.17) is 9.47 Å². The molecule has 2 nitrogen and oxygen atoms in total. The zero-order chi connectivity index (χ0) is 23.6. The normalized spacial score (nSPS) is 12.4. The van der Waals surface area contributed by atoms with Gasteiger partial charge in [-0.3, -0.25) is 0 Å². The van der Waals surface area contributed by atoms with Gasteiger partial charge in [0.05, 0.1) is 19.3 Å². The van der Waals surface area contributed by atoms with E-state index in [1.165, 1.54) is 74.5 Å². The molecule has 0 spiro atoms. The number of hydrogen-bond donors (Lipinski definition) is 1. The van der Waals surface area contributed by atoms with Crippen molar-refractivity contribution in [2.24, 2.45) is 5.92 Å². The summed E-state index contributed by atoms with van der Waals surface area (Å²) in [6.45, 7) is 6.68. The Kier molecular flexibility index (Phi) is 15.3. The summed E-state index contributed by atoms with van der Waals surface area (Å²) in [4.78, 5) is 0. The van der Waals surface area contributed by atoms with Gasteiger partial charge >= 0.3 is 0 Å². The molecule has 0 saturated carbocycles. The summed E-state index contributed by atoms with van der Waals surface area (Å²) >= 11 is 4.41. The summed E-state index contributed by atoms with van der Waals surface area (Å²) in [5.41, 5.74) is 4.18. The zero-order valence-electron chi connectivity index (χ0n) is 21.0. The fraction of sp³-hybridized carbons (Fsp3) is 0.600. The average molecular weight is 471 g/mol. The van der Waals surface area contributed by atoms with Gasteiger partial charge in [0.15, 0.2) is 0 Å². The Hall–Kier alpha value is -1.29. The first-order valence-corrected chi connectivity index (χ1v) is 13.7. The fourth-order valence-corrected chi connectivity index (χ4v) is 4.25. The van der Waals surface area contributed by atoms with Gasteiger partial charge in [-0.05, 0) is 54.7 Å². The first kappa shape index (κ1) is 28.0. The average Bonchev–Trinajstić information content (AvgIpc) is 2.83. The molecule has 0 aliphatic rings. The van der Waals surface area contributed by atoms with E-state index in [2.05, 4.69) is 62.9 Å². The highest BCUT2D eigenvalue weighted by atomic mass is 32.1. The zero-order valence-corrected chi connectivity index (χ0v) is 21.9. The van der Waals surface area contributed by atoms with Gasteiger partial charge in [-0.1, -0.05) is 101 Å². The Morgan fingerprint density at radius 3 is 2.03 bits per heavy atom. The summed E-state index contributed by atoms with van der Waals surface area (Å²) in [5.74, 6) is 1.53. The molecule has 0 saturated heterocycles. The number of unbranched alkanes of at least 4 members (excludes halogenated alkanes) is 5. The standard InChI is InChI=1S/C30H46O2S/c1-26(2)14-7-3-4-8-15-27-19-13-20-28(22-27)16-11-6-12-21-31-24-30(25-33)32-23-29-17-9-5-10-18-29/h5,9-10,13,17-20,22,26,30,33H,3-4,6-8,11-12,14-16,21,23-25H2,1-2H3. The maximum absolute atomic E-state index is 5.93. The molecule has 0 fully saturated rings. The molecule has 184 valence electrons. The minimum atomic E-state index is 0.0477. The van der Waals surface area contributed by atoms with Gasteiger partial charge in [0.25, 0.3) is 0 Å². The van der Waals surface area contributed by atoms with Crippen molar-refractivity contribution in [3.05, 3.63) is 71.3 Å². The maximum atomic E-state index is 5.93. The molecule has 0 N–H and O–H groups in total. The summed E-state index contributed by atoms with van der Waals surface area (Å²) in [6, 6.07) is 19.5. The van der Waals surface area contributed by atoms with Crippen LogP contribution in [0.3, 0.4) is 0 Å². The molecule has 2 aromatic rings. The van der Waals surface area contributed by atoms with Crippen LogP contribution < -0.4 is 0 Å². The smallest absolute Gasteiger partial charge is 0.0900 e. The number of aryl methyl sites for hydroxylation is 2. The minimum absolute atomic E-state index is 0.0477. The predicted molar refractivity (Wildman–Crippen MR) is 145 cm³/mol. The van der Waals surface area contributed by atoms with Gasteiger partial charge in [0.1, 0.15) is 0 Å². The molecule has 2 aromatic carbocycles. The lowest BCUT2D eigenvalue weighted by Crippen LogP contribution is -2.22. The molecule has 0 aliphatic carbocycles. The highest BCUT2D eigenvalue weighted by Gasteiger charge is 2.07. The van der Waals surface area contributed by atoms with Crippen molar-refractivity contribution in [2.75, 3.05) is 19.0 Å². The maximum Gasteiger partial charge on any atom is 0.0900 e. The SMILES string of the molecule is CC(C)CCCCCCc1cccc(CCCCCOCC(CS)OCc2ccccc2)c1. The van der Waals surface area contributed by atoms with Crippen molar-refractivity contribution in [2.45, 2.75) is 90.8 Å². The molecule has 33 heavy (non-hydrogen) atoms. The number of hydrogen-bond acceptors (Lipinski definition) is 3. The third-order valence-corrected chi connectivity index (χ3v) is 6.49. The Labute approximate surface area is 208 Å². The van der Waals surface area contributed by atoms with Gasteiger partial charge < -0.3 is 9.47 Å². The van der Waals surface area contributed by atoms with E-state index in [0.29, 0.717) is 19.0 Å². The Morgan fingerprint density at radius 1 is 0.727 bits per heavy atom. The number of ether oxygens (including phenoxy) is 2. The first-order valence-electron chi connectivity index (χ1n) is 13.1. The Balaban J connectivity index is 1.50. The Bertz CT molecular complexity index is 716. The second-order valence-electron chi connectivity index (χ2n) is 9.65. The topological polar surface area (TPSA) is 18.5 Å². The molecule has 0 radical (unpaired) electrons. The number of thiol groups is 1. The monoisotopic (exact) mass is 470 g/mol. The van der Waals surface area contributed by atoms with Gasteiger partial charge in [0.2, 0.25) is 0 Å². The molecule has 0 bridgehead atoms.